The Morgan fingerprint density at radius 1 is 0.861 bits per heavy atom. The van der Waals surface area contributed by atoms with Crippen molar-refractivity contribution in [1.29, 1.82) is 0 Å². The molecule has 0 fully saturated rings. The first kappa shape index (κ1) is 24.2. The first-order valence-corrected chi connectivity index (χ1v) is 11.1. The van der Waals surface area contributed by atoms with Crippen molar-refractivity contribution in [2.75, 3.05) is 13.7 Å². The van der Waals surface area contributed by atoms with Crippen molar-refractivity contribution >= 4 is 34.8 Å². The summed E-state index contributed by atoms with van der Waals surface area (Å²) >= 11 is 0. The van der Waals surface area contributed by atoms with Gasteiger partial charge in [-0.3, -0.25) is 9.59 Å². The molecule has 8 heteroatoms. The van der Waals surface area contributed by atoms with Gasteiger partial charge in [0.05, 0.1) is 25.4 Å². The number of esters is 1. The van der Waals surface area contributed by atoms with E-state index in [1.165, 1.54) is 13.3 Å². The summed E-state index contributed by atoms with van der Waals surface area (Å²) in [6.07, 6.45) is 1.41. The van der Waals surface area contributed by atoms with Crippen molar-refractivity contribution in [2.24, 2.45) is 5.10 Å². The summed E-state index contributed by atoms with van der Waals surface area (Å²) in [5, 5.41) is 8.27. The normalized spacial score (nSPS) is 10.7. The van der Waals surface area contributed by atoms with Gasteiger partial charge in [0.15, 0.2) is 11.5 Å². The Morgan fingerprint density at radius 3 is 2.42 bits per heavy atom. The summed E-state index contributed by atoms with van der Waals surface area (Å²) in [4.78, 5) is 37.0. The Bertz CT molecular complexity index is 1430. The lowest BCUT2D eigenvalue weighted by Crippen LogP contribution is -2.35. The average molecular weight is 482 g/mol. The van der Waals surface area contributed by atoms with Gasteiger partial charge in [-0.15, -0.1) is 0 Å². The minimum Gasteiger partial charge on any atom is -0.493 e. The molecule has 0 heterocycles. The van der Waals surface area contributed by atoms with Gasteiger partial charge < -0.3 is 14.8 Å². The number of carbonyl (C=O) groups excluding carboxylic acids is 3. The van der Waals surface area contributed by atoms with Gasteiger partial charge >= 0.3 is 5.97 Å². The monoisotopic (exact) mass is 481 g/mol. The molecule has 180 valence electrons. The van der Waals surface area contributed by atoms with Crippen LogP contribution < -0.4 is 20.2 Å². The lowest BCUT2D eigenvalue weighted by atomic mass is 10.0. The molecule has 4 aromatic rings. The number of hydrogen-bond acceptors (Lipinski definition) is 6. The van der Waals surface area contributed by atoms with E-state index in [-0.39, 0.29) is 18.2 Å². The number of hydrogen-bond donors (Lipinski definition) is 2. The SMILES string of the molecule is COc1cc(/C=N/NC(=O)CNC(=O)c2cccc3ccccc23)ccc1OC(=O)c1ccccc1. The third-order valence-corrected chi connectivity index (χ3v) is 5.25. The molecule has 4 rings (SSSR count). The highest BCUT2D eigenvalue weighted by molar-refractivity contribution is 6.07. The Balaban J connectivity index is 1.32. The van der Waals surface area contributed by atoms with E-state index in [1.54, 1.807) is 54.6 Å². The number of benzene rings is 4. The van der Waals surface area contributed by atoms with Crippen LogP contribution >= 0.6 is 0 Å². The number of hydrazone groups is 1. The predicted octanol–water partition coefficient (Wildman–Crippen LogP) is 3.95. The van der Waals surface area contributed by atoms with Gasteiger partial charge in [0, 0.05) is 5.56 Å². The molecular formula is C28H23N3O5. The highest BCUT2D eigenvalue weighted by Gasteiger charge is 2.13. The zero-order chi connectivity index (χ0) is 25.3. The minimum absolute atomic E-state index is 0.239. The number of ether oxygens (including phenoxy) is 2. The number of nitrogens with one attached hydrogen (secondary N) is 2. The van der Waals surface area contributed by atoms with E-state index >= 15 is 0 Å². The standard InChI is InChI=1S/C28H23N3O5/c1-35-25-16-19(14-15-24(25)36-28(34)21-9-3-2-4-10-21)17-30-31-26(32)18-29-27(33)23-13-7-11-20-8-5-6-12-22(20)23/h2-17H,18H2,1H3,(H,29,33)(H,31,32)/b30-17+. The van der Waals surface area contributed by atoms with Crippen LogP contribution in [0.5, 0.6) is 11.5 Å². The van der Waals surface area contributed by atoms with Crippen LogP contribution in [-0.2, 0) is 4.79 Å². The van der Waals surface area contributed by atoms with E-state index in [9.17, 15) is 14.4 Å². The molecule has 0 aliphatic carbocycles. The van der Waals surface area contributed by atoms with Crippen LogP contribution in [0.15, 0.2) is 96.1 Å². The van der Waals surface area contributed by atoms with E-state index in [2.05, 4.69) is 15.8 Å². The summed E-state index contributed by atoms with van der Waals surface area (Å²) < 4.78 is 10.7. The van der Waals surface area contributed by atoms with Gasteiger partial charge in [-0.05, 0) is 52.7 Å². The largest absolute Gasteiger partial charge is 0.493 e. The van der Waals surface area contributed by atoms with Crippen LogP contribution in [0.4, 0.5) is 0 Å². The molecule has 2 amide bonds. The second-order valence-electron chi connectivity index (χ2n) is 7.67. The molecular weight excluding hydrogens is 458 g/mol. The molecule has 4 aromatic carbocycles. The molecule has 36 heavy (non-hydrogen) atoms. The number of amides is 2. The molecule has 0 spiro atoms. The fourth-order valence-corrected chi connectivity index (χ4v) is 3.48. The second-order valence-corrected chi connectivity index (χ2v) is 7.67. The summed E-state index contributed by atoms with van der Waals surface area (Å²) in [6.45, 7) is -0.239. The van der Waals surface area contributed by atoms with E-state index in [0.717, 1.165) is 10.8 Å². The highest BCUT2D eigenvalue weighted by Crippen LogP contribution is 2.28. The van der Waals surface area contributed by atoms with Gasteiger partial charge in [-0.25, -0.2) is 10.2 Å². The van der Waals surface area contributed by atoms with Crippen molar-refractivity contribution in [3.8, 4) is 11.5 Å². The highest BCUT2D eigenvalue weighted by atomic mass is 16.6. The van der Waals surface area contributed by atoms with Gasteiger partial charge in [-0.1, -0.05) is 54.6 Å². The minimum atomic E-state index is -0.506. The maximum absolute atomic E-state index is 12.5. The third-order valence-electron chi connectivity index (χ3n) is 5.25. The van der Waals surface area contributed by atoms with Crippen molar-refractivity contribution in [2.45, 2.75) is 0 Å². The van der Waals surface area contributed by atoms with E-state index in [0.29, 0.717) is 22.4 Å². The molecule has 0 radical (unpaired) electrons. The summed E-state index contributed by atoms with van der Waals surface area (Å²) in [6, 6.07) is 26.4. The van der Waals surface area contributed by atoms with Crippen molar-refractivity contribution < 1.29 is 23.9 Å². The molecule has 2 N–H and O–H groups in total. The zero-order valence-corrected chi connectivity index (χ0v) is 19.4. The zero-order valence-electron chi connectivity index (χ0n) is 19.4. The summed E-state index contributed by atoms with van der Waals surface area (Å²) in [5.41, 5.74) is 3.88. The van der Waals surface area contributed by atoms with Crippen LogP contribution in [0.1, 0.15) is 26.3 Å². The quantitative estimate of drug-likeness (QED) is 0.172. The molecule has 0 aromatic heterocycles. The smallest absolute Gasteiger partial charge is 0.343 e. The maximum atomic E-state index is 12.5. The maximum Gasteiger partial charge on any atom is 0.343 e. The Kier molecular flexibility index (Phi) is 7.67. The Morgan fingerprint density at radius 2 is 1.61 bits per heavy atom. The Hall–Kier alpha value is -4.98. The van der Waals surface area contributed by atoms with Gasteiger partial charge in [0.25, 0.3) is 11.8 Å². The summed E-state index contributed by atoms with van der Waals surface area (Å²) in [7, 11) is 1.45. The van der Waals surface area contributed by atoms with E-state index < -0.39 is 11.9 Å². The van der Waals surface area contributed by atoms with E-state index in [4.69, 9.17) is 9.47 Å². The average Bonchev–Trinajstić information content (AvgIpc) is 2.92. The Labute approximate surface area is 207 Å². The van der Waals surface area contributed by atoms with Crippen molar-refractivity contribution in [1.82, 2.24) is 10.7 Å². The van der Waals surface area contributed by atoms with Crippen LogP contribution in [-0.4, -0.2) is 37.7 Å². The van der Waals surface area contributed by atoms with Gasteiger partial charge in [0.2, 0.25) is 0 Å². The second kappa shape index (κ2) is 11.4. The number of nitrogens with zero attached hydrogens (tertiary/aromatic N) is 1. The lowest BCUT2D eigenvalue weighted by molar-refractivity contribution is -0.120. The number of rotatable bonds is 8. The first-order chi connectivity index (χ1) is 17.5. The number of carbonyl (C=O) groups is 3. The van der Waals surface area contributed by atoms with Crippen LogP contribution in [0.3, 0.4) is 0 Å². The van der Waals surface area contributed by atoms with E-state index in [1.807, 2.05) is 36.4 Å². The molecule has 0 bridgehead atoms. The lowest BCUT2D eigenvalue weighted by Gasteiger charge is -2.10. The molecule has 0 saturated carbocycles. The molecule has 0 aliphatic heterocycles. The van der Waals surface area contributed by atoms with Gasteiger partial charge in [-0.2, -0.15) is 5.10 Å². The molecule has 0 unspecified atom stereocenters. The first-order valence-electron chi connectivity index (χ1n) is 11.1. The van der Waals surface area contributed by atoms with Crippen molar-refractivity contribution in [3.63, 3.8) is 0 Å². The summed E-state index contributed by atoms with van der Waals surface area (Å²) in [5.74, 6) is -0.759. The third kappa shape index (κ3) is 5.92. The fraction of sp³-hybridized carbons (Fsp3) is 0.0714. The van der Waals surface area contributed by atoms with Crippen LogP contribution in [0, 0.1) is 0 Å². The molecule has 8 nitrogen and oxygen atoms in total. The number of methoxy groups -OCH3 is 1. The predicted molar refractivity (Wildman–Crippen MR) is 136 cm³/mol. The molecule has 0 saturated heterocycles. The van der Waals surface area contributed by atoms with Crippen molar-refractivity contribution in [3.05, 3.63) is 108 Å². The van der Waals surface area contributed by atoms with Crippen LogP contribution in [0.2, 0.25) is 0 Å². The fourth-order valence-electron chi connectivity index (χ4n) is 3.48. The topological polar surface area (TPSA) is 106 Å². The van der Waals surface area contributed by atoms with Gasteiger partial charge in [0.1, 0.15) is 0 Å². The van der Waals surface area contributed by atoms with Crippen LogP contribution in [0.25, 0.3) is 10.8 Å². The molecule has 0 aliphatic rings. The number of fused-ring (bicyclic) bond motifs is 1. The molecule has 0 atom stereocenters.